The van der Waals surface area contributed by atoms with Crippen molar-refractivity contribution in [1.82, 2.24) is 0 Å². The molecule has 0 atom stereocenters. The molecular weight excluding hydrogens is 1010 g/mol. The Balaban J connectivity index is -0.000000189. The van der Waals surface area contributed by atoms with E-state index in [-0.39, 0.29) is 34.1 Å². The Morgan fingerprint density at radius 1 is 0.183 bits per heavy atom. The minimum atomic E-state index is -2.65. The first-order valence-corrected chi connectivity index (χ1v) is 14.5. The smallest absolute Gasteiger partial charge is 0 e. The van der Waals surface area contributed by atoms with Crippen LogP contribution in [0.5, 0.6) is 0 Å². The standard InChI is InChI=1S/2C12HF10P.6CO.2Fe/c2*13-1-3(15)7(19)11(8(20)4(1)16)23-12-9(21)5(17)2(14)6(18)10(12)22;6*1-2;;/h2*23H;;;;;;;;/p+2. The first kappa shape index (κ1) is 67.6. The molecule has 0 saturated heterocycles. The third kappa shape index (κ3) is 15.1. The number of benzene rings is 4. The Bertz CT molecular complexity index is 1800. The van der Waals surface area contributed by atoms with Crippen molar-refractivity contribution in [3.63, 3.8) is 0 Å². The Hall–Kier alpha value is -4.18. The molecular formula is C30H4F20Fe2O6P2+2. The number of hydrogen-bond acceptors (Lipinski definition) is 0. The van der Waals surface area contributed by atoms with Gasteiger partial charge in [-0.1, -0.05) is 0 Å². The maximum atomic E-state index is 13.4. The van der Waals surface area contributed by atoms with Crippen LogP contribution in [-0.2, 0) is 62.1 Å². The summed E-state index contributed by atoms with van der Waals surface area (Å²) in [7, 11) is -5.30. The van der Waals surface area contributed by atoms with Gasteiger partial charge in [0.05, 0.1) is 17.2 Å². The SMILES string of the molecule is Fc1c(F)c(F)c([PH2+]c2c(F)c(F)c(F)c(F)c2F)c(F)c1F.Fc1c(F)c(F)c([PH2+]c2c(F)c(F)c(F)c(F)c2F)c(F)c1F.[C-]#[O+].[C-]#[O+].[C-]#[O+].[C-]#[O+].[C-]#[O+].[C-]#[O+].[Fe].[Fe]. The molecule has 60 heavy (non-hydrogen) atoms. The monoisotopic (exact) mass is 1010 g/mol. The molecule has 0 saturated carbocycles. The number of halogens is 20. The van der Waals surface area contributed by atoms with Gasteiger partial charge in [-0.25, -0.2) is 52.7 Å². The molecule has 0 heterocycles. The summed E-state index contributed by atoms with van der Waals surface area (Å²) in [6, 6.07) is 0. The summed E-state index contributed by atoms with van der Waals surface area (Å²) in [6.07, 6.45) is 0. The predicted octanol–water partition coefficient (Wildman–Crippen LogP) is 6.65. The first-order valence-electron chi connectivity index (χ1n) is 12.2. The van der Waals surface area contributed by atoms with Gasteiger partial charge in [-0.15, -0.1) is 0 Å². The Kier molecular flexibility index (Phi) is 36.7. The van der Waals surface area contributed by atoms with E-state index >= 15 is 0 Å². The molecule has 0 fully saturated rings. The molecule has 0 unspecified atom stereocenters. The fourth-order valence-corrected chi connectivity index (χ4v) is 5.89. The van der Waals surface area contributed by atoms with Gasteiger partial charge in [0.25, 0.3) is 0 Å². The van der Waals surface area contributed by atoms with Crippen molar-refractivity contribution in [1.29, 1.82) is 0 Å². The molecule has 4 aromatic carbocycles. The average Bonchev–Trinajstić information content (AvgIpc) is 3.27. The number of rotatable bonds is 4. The molecule has 0 aliphatic rings. The molecule has 0 radical (unpaired) electrons. The molecule has 0 bridgehead atoms. The van der Waals surface area contributed by atoms with Crippen LogP contribution >= 0.6 is 17.2 Å². The molecule has 0 N–H and O–H groups in total. The van der Waals surface area contributed by atoms with Crippen LogP contribution in [0.1, 0.15) is 0 Å². The van der Waals surface area contributed by atoms with E-state index in [2.05, 4.69) is 39.9 Å². The molecule has 0 aromatic heterocycles. The summed E-state index contributed by atoms with van der Waals surface area (Å²) >= 11 is 0. The zero-order valence-corrected chi connectivity index (χ0v) is 31.4. The van der Waals surface area contributed by atoms with Gasteiger partial charge >= 0.3 is 67.8 Å². The Morgan fingerprint density at radius 2 is 0.250 bits per heavy atom. The van der Waals surface area contributed by atoms with E-state index in [4.69, 9.17) is 27.9 Å². The largest absolute Gasteiger partial charge is 0 e. The fourth-order valence-electron chi connectivity index (χ4n) is 3.28. The minimum absolute atomic E-state index is 0. The van der Waals surface area contributed by atoms with E-state index in [0.717, 1.165) is 0 Å². The molecule has 4 rings (SSSR count). The second-order valence-corrected chi connectivity index (χ2v) is 11.1. The molecule has 6 nitrogen and oxygen atoms in total. The van der Waals surface area contributed by atoms with Gasteiger partial charge in [-0.3, -0.25) is 0 Å². The molecule has 0 amide bonds. The van der Waals surface area contributed by atoms with Crippen LogP contribution in [-0.4, -0.2) is 0 Å². The van der Waals surface area contributed by atoms with Crippen LogP contribution in [0.3, 0.4) is 0 Å². The van der Waals surface area contributed by atoms with E-state index in [9.17, 15) is 87.8 Å². The summed E-state index contributed by atoms with van der Waals surface area (Å²) in [5.41, 5.74) is 0. The normalized spacial score (nSPS) is 8.80. The van der Waals surface area contributed by atoms with E-state index in [1.807, 2.05) is 0 Å². The summed E-state index contributed by atoms with van der Waals surface area (Å²) in [6.45, 7) is 27.0. The summed E-state index contributed by atoms with van der Waals surface area (Å²) in [5.74, 6) is -48.4. The zero-order valence-electron chi connectivity index (χ0n) is 26.9. The van der Waals surface area contributed by atoms with Gasteiger partial charge < -0.3 is 0 Å². The second-order valence-electron chi connectivity index (χ2n) is 8.22. The van der Waals surface area contributed by atoms with E-state index in [1.54, 1.807) is 0 Å². The van der Waals surface area contributed by atoms with Gasteiger partial charge in [-0.05, 0) is 0 Å². The summed E-state index contributed by atoms with van der Waals surface area (Å²) in [4.78, 5) is 0. The van der Waals surface area contributed by atoms with E-state index in [1.165, 1.54) is 0 Å². The van der Waals surface area contributed by atoms with Crippen molar-refractivity contribution in [2.45, 2.75) is 0 Å². The van der Waals surface area contributed by atoms with Crippen molar-refractivity contribution >= 4 is 38.4 Å². The van der Waals surface area contributed by atoms with Crippen molar-refractivity contribution in [2.75, 3.05) is 0 Å². The van der Waals surface area contributed by atoms with E-state index < -0.39 is 155 Å². The van der Waals surface area contributed by atoms with Crippen molar-refractivity contribution in [2.24, 2.45) is 0 Å². The van der Waals surface area contributed by atoms with Gasteiger partial charge in [-0.2, -0.15) is 35.1 Å². The molecule has 0 aliphatic carbocycles. The maximum Gasteiger partial charge on any atom is 0 e. The van der Waals surface area contributed by atoms with Gasteiger partial charge in [0.2, 0.25) is 116 Å². The van der Waals surface area contributed by atoms with Crippen LogP contribution < -0.4 is 21.2 Å². The first-order chi connectivity index (χ1) is 27.2. The number of hydrogen-bond donors (Lipinski definition) is 0. The van der Waals surface area contributed by atoms with Crippen LogP contribution in [0.4, 0.5) is 87.8 Å². The van der Waals surface area contributed by atoms with Crippen LogP contribution in [0, 0.1) is 156 Å². The predicted molar refractivity (Wildman–Crippen MR) is 146 cm³/mol. The van der Waals surface area contributed by atoms with E-state index in [0.29, 0.717) is 0 Å². The van der Waals surface area contributed by atoms with Crippen LogP contribution in [0.25, 0.3) is 0 Å². The molecule has 0 spiro atoms. The molecule has 0 aliphatic heterocycles. The van der Waals surface area contributed by atoms with Gasteiger partial charge in [0.1, 0.15) is 0 Å². The van der Waals surface area contributed by atoms with Crippen LogP contribution in [0.2, 0.25) is 0 Å². The minimum Gasteiger partial charge on any atom is 0 e. The third-order valence-corrected chi connectivity index (χ3v) is 8.73. The average molecular weight is 1010 g/mol. The fraction of sp³-hybridized carbons (Fsp3) is 0. The topological polar surface area (TPSA) is 119 Å². The molecule has 30 heteroatoms. The maximum absolute atomic E-state index is 13.4. The Morgan fingerprint density at radius 3 is 0.333 bits per heavy atom. The Labute approximate surface area is 343 Å². The van der Waals surface area contributed by atoms with Crippen LogP contribution in [0.15, 0.2) is 0 Å². The van der Waals surface area contributed by atoms with Crippen molar-refractivity contribution in [3.05, 3.63) is 156 Å². The quantitative estimate of drug-likeness (QED) is 0.0415. The zero-order chi connectivity index (χ0) is 47.3. The molecule has 324 valence electrons. The summed E-state index contributed by atoms with van der Waals surface area (Å²) < 4.78 is 308. The van der Waals surface area contributed by atoms with Crippen molar-refractivity contribution < 1.29 is 150 Å². The van der Waals surface area contributed by atoms with Crippen molar-refractivity contribution in [3.8, 4) is 0 Å². The third-order valence-electron chi connectivity index (χ3n) is 5.55. The molecule has 4 aromatic rings. The second kappa shape index (κ2) is 32.6. The van der Waals surface area contributed by atoms with Gasteiger partial charge in [0, 0.05) is 34.1 Å². The summed E-state index contributed by atoms with van der Waals surface area (Å²) in [5, 5.41) is -6.59. The van der Waals surface area contributed by atoms with Gasteiger partial charge in [0.15, 0.2) is 21.2 Å².